The average molecular weight is 169 g/mol. The van der Waals surface area contributed by atoms with Gasteiger partial charge in [-0.3, -0.25) is 0 Å². The summed E-state index contributed by atoms with van der Waals surface area (Å²) in [5, 5.41) is 8.43. The molecule has 1 rings (SSSR count). The highest BCUT2D eigenvalue weighted by Crippen LogP contribution is 2.26. The summed E-state index contributed by atoms with van der Waals surface area (Å²) in [7, 11) is 0. The van der Waals surface area contributed by atoms with Crippen LogP contribution in [0.1, 0.15) is 17.6 Å². The largest absolute Gasteiger partial charge is 0.383 e. The summed E-state index contributed by atoms with van der Waals surface area (Å²) in [5.41, 5.74) is 4.54. The smallest absolute Gasteiger partial charge is 0.268 e. The molecule has 0 spiro atoms. The minimum Gasteiger partial charge on any atom is -0.383 e. The van der Waals surface area contributed by atoms with Crippen LogP contribution in [0, 0.1) is 11.3 Å². The normalized spacial score (nSPS) is 9.83. The number of nitrogen functional groups attached to an aromatic ring is 1. The first-order valence-corrected chi connectivity index (χ1v) is 3.09. The van der Waals surface area contributed by atoms with Crippen LogP contribution in [0.3, 0.4) is 0 Å². The number of pyridine rings is 1. The van der Waals surface area contributed by atoms with Gasteiger partial charge in [-0.1, -0.05) is 0 Å². The fourth-order valence-electron chi connectivity index (χ4n) is 0.816. The summed E-state index contributed by atoms with van der Waals surface area (Å²) in [6, 6.07) is 2.82. The van der Waals surface area contributed by atoms with Crippen molar-refractivity contribution in [2.75, 3.05) is 5.73 Å². The fraction of sp³-hybridized carbons (Fsp3) is 0.143. The number of halogens is 2. The van der Waals surface area contributed by atoms with Gasteiger partial charge in [-0.2, -0.15) is 5.26 Å². The number of aromatic nitrogens is 1. The summed E-state index contributed by atoms with van der Waals surface area (Å²) in [6.07, 6.45) is -1.53. The summed E-state index contributed by atoms with van der Waals surface area (Å²) in [5.74, 6) is -0.288. The maximum Gasteiger partial charge on any atom is 0.268 e. The zero-order chi connectivity index (χ0) is 9.14. The third-order valence-electron chi connectivity index (χ3n) is 1.36. The lowest BCUT2D eigenvalue weighted by molar-refractivity contribution is 0.151. The van der Waals surface area contributed by atoms with Crippen LogP contribution < -0.4 is 5.73 Å². The van der Waals surface area contributed by atoms with E-state index in [0.717, 1.165) is 0 Å². The molecule has 0 saturated heterocycles. The first-order chi connectivity index (χ1) is 5.66. The summed E-state index contributed by atoms with van der Waals surface area (Å²) in [6.45, 7) is 0. The number of nitrogens with zero attached hydrogens (tertiary/aromatic N) is 2. The summed E-state index contributed by atoms with van der Waals surface area (Å²) in [4.78, 5) is 3.46. The third kappa shape index (κ3) is 1.32. The molecule has 1 aromatic rings. The molecule has 0 unspecified atom stereocenters. The Bertz CT molecular complexity index is 330. The second kappa shape index (κ2) is 3.13. The quantitative estimate of drug-likeness (QED) is 0.692. The van der Waals surface area contributed by atoms with Gasteiger partial charge < -0.3 is 5.73 Å². The van der Waals surface area contributed by atoms with Gasteiger partial charge in [0.1, 0.15) is 5.82 Å². The van der Waals surface area contributed by atoms with Crippen molar-refractivity contribution in [3.05, 3.63) is 23.4 Å². The molecule has 0 aromatic carbocycles. The number of rotatable bonds is 1. The van der Waals surface area contributed by atoms with Gasteiger partial charge >= 0.3 is 0 Å². The van der Waals surface area contributed by atoms with Crippen molar-refractivity contribution in [2.24, 2.45) is 0 Å². The maximum atomic E-state index is 12.2. The first-order valence-electron chi connectivity index (χ1n) is 3.09. The molecule has 0 atom stereocenters. The maximum absolute atomic E-state index is 12.2. The fourth-order valence-corrected chi connectivity index (χ4v) is 0.816. The van der Waals surface area contributed by atoms with Crippen molar-refractivity contribution in [2.45, 2.75) is 6.43 Å². The van der Waals surface area contributed by atoms with E-state index in [1.807, 2.05) is 0 Å². The van der Waals surface area contributed by atoms with E-state index in [9.17, 15) is 8.78 Å². The molecule has 62 valence electrons. The van der Waals surface area contributed by atoms with Crippen LogP contribution in [0.25, 0.3) is 0 Å². The zero-order valence-corrected chi connectivity index (χ0v) is 5.96. The number of anilines is 1. The molecule has 0 aliphatic rings. The zero-order valence-electron chi connectivity index (χ0n) is 5.96. The molecule has 5 heteroatoms. The minimum atomic E-state index is -2.76. The second-order valence-corrected chi connectivity index (χ2v) is 2.07. The van der Waals surface area contributed by atoms with E-state index in [0.29, 0.717) is 0 Å². The van der Waals surface area contributed by atoms with Gasteiger partial charge in [-0.05, 0) is 6.07 Å². The highest BCUT2D eigenvalue weighted by atomic mass is 19.3. The number of hydrogen-bond donors (Lipinski definition) is 1. The van der Waals surface area contributed by atoms with Crippen LogP contribution in [-0.4, -0.2) is 4.98 Å². The molecule has 0 bridgehead atoms. The Morgan fingerprint density at radius 3 is 2.67 bits per heavy atom. The van der Waals surface area contributed by atoms with Crippen LogP contribution >= 0.6 is 0 Å². The Labute approximate surface area is 67.4 Å². The lowest BCUT2D eigenvalue weighted by atomic mass is 10.1. The Balaban J connectivity index is 3.32. The van der Waals surface area contributed by atoms with Gasteiger partial charge in [0.2, 0.25) is 0 Å². The lowest BCUT2D eigenvalue weighted by Gasteiger charge is -2.03. The van der Waals surface area contributed by atoms with Gasteiger partial charge in [0.25, 0.3) is 6.43 Å². The molecule has 3 nitrogen and oxygen atoms in total. The molecule has 12 heavy (non-hydrogen) atoms. The predicted octanol–water partition coefficient (Wildman–Crippen LogP) is 1.47. The van der Waals surface area contributed by atoms with Crippen molar-refractivity contribution in [1.82, 2.24) is 4.98 Å². The van der Waals surface area contributed by atoms with E-state index in [-0.39, 0.29) is 11.4 Å². The molecule has 0 aliphatic heterocycles. The Morgan fingerprint density at radius 1 is 1.58 bits per heavy atom. The van der Waals surface area contributed by atoms with Crippen molar-refractivity contribution >= 4 is 5.82 Å². The highest BCUT2D eigenvalue weighted by molar-refractivity contribution is 5.50. The molecule has 1 aromatic heterocycles. The van der Waals surface area contributed by atoms with E-state index in [1.54, 1.807) is 6.07 Å². The number of nitriles is 1. The third-order valence-corrected chi connectivity index (χ3v) is 1.36. The van der Waals surface area contributed by atoms with Gasteiger partial charge in [0, 0.05) is 6.20 Å². The van der Waals surface area contributed by atoms with Crippen molar-refractivity contribution in [3.63, 3.8) is 0 Å². The first kappa shape index (κ1) is 8.40. The Hall–Kier alpha value is -1.70. The molecule has 2 N–H and O–H groups in total. The molecular formula is C7H5F2N3. The van der Waals surface area contributed by atoms with Crippen LogP contribution in [-0.2, 0) is 0 Å². The Kier molecular flexibility index (Phi) is 2.19. The second-order valence-electron chi connectivity index (χ2n) is 2.07. The van der Waals surface area contributed by atoms with E-state index in [1.165, 1.54) is 12.3 Å². The number of nitrogens with two attached hydrogens (primary N) is 1. The molecule has 0 amide bonds. The molecule has 0 fully saturated rings. The predicted molar refractivity (Wildman–Crippen MR) is 38.3 cm³/mol. The molecular weight excluding hydrogens is 164 g/mol. The van der Waals surface area contributed by atoms with Crippen LogP contribution in [0.2, 0.25) is 0 Å². The lowest BCUT2D eigenvalue weighted by Crippen LogP contribution is -2.00. The average Bonchev–Trinajstić information content (AvgIpc) is 2.03. The van der Waals surface area contributed by atoms with Crippen LogP contribution in [0.5, 0.6) is 0 Å². The molecule has 0 saturated carbocycles. The highest BCUT2D eigenvalue weighted by Gasteiger charge is 2.16. The molecule has 1 heterocycles. The van der Waals surface area contributed by atoms with Crippen LogP contribution in [0.15, 0.2) is 12.3 Å². The van der Waals surface area contributed by atoms with Crippen molar-refractivity contribution in [1.29, 1.82) is 5.26 Å². The SMILES string of the molecule is N#Cc1ccnc(N)c1C(F)F. The van der Waals surface area contributed by atoms with Crippen molar-refractivity contribution < 1.29 is 8.78 Å². The summed E-state index contributed by atoms with van der Waals surface area (Å²) >= 11 is 0. The van der Waals surface area contributed by atoms with Gasteiger partial charge in [-0.15, -0.1) is 0 Å². The van der Waals surface area contributed by atoms with E-state index < -0.39 is 12.0 Å². The van der Waals surface area contributed by atoms with E-state index >= 15 is 0 Å². The standard InChI is InChI=1S/C7H5F2N3/c8-6(9)5-4(3-10)1-2-12-7(5)11/h1-2,6H,(H2,11,12). The van der Waals surface area contributed by atoms with Gasteiger partial charge in [0.05, 0.1) is 17.2 Å². The monoisotopic (exact) mass is 169 g/mol. The van der Waals surface area contributed by atoms with Crippen LogP contribution in [0.4, 0.5) is 14.6 Å². The van der Waals surface area contributed by atoms with E-state index in [4.69, 9.17) is 11.0 Å². The Morgan fingerprint density at radius 2 is 2.25 bits per heavy atom. The van der Waals surface area contributed by atoms with Crippen molar-refractivity contribution in [3.8, 4) is 6.07 Å². The van der Waals surface area contributed by atoms with E-state index in [2.05, 4.69) is 4.98 Å². The summed E-state index contributed by atoms with van der Waals surface area (Å²) < 4.78 is 24.4. The van der Waals surface area contributed by atoms with Gasteiger partial charge in [-0.25, -0.2) is 13.8 Å². The molecule has 0 aliphatic carbocycles. The number of alkyl halides is 2. The topological polar surface area (TPSA) is 62.7 Å². The number of hydrogen-bond acceptors (Lipinski definition) is 3. The minimum absolute atomic E-state index is 0.127. The van der Waals surface area contributed by atoms with Gasteiger partial charge in [0.15, 0.2) is 0 Å². The molecule has 0 radical (unpaired) electrons.